The summed E-state index contributed by atoms with van der Waals surface area (Å²) < 4.78 is 48.1. The normalized spacial score (nSPS) is 16.7. The number of imidazole rings is 1. The van der Waals surface area contributed by atoms with Gasteiger partial charge in [0, 0.05) is 18.9 Å². The van der Waals surface area contributed by atoms with E-state index >= 15 is 0 Å². The molecule has 1 fully saturated rings. The number of ether oxygens (including phenoxy) is 2. The molecule has 1 aromatic carbocycles. The van der Waals surface area contributed by atoms with E-state index in [0.717, 1.165) is 35.9 Å². The summed E-state index contributed by atoms with van der Waals surface area (Å²) in [6.07, 6.45) is -1.67. The number of alkyl halides is 3. The number of carbonyl (C=O) groups is 1. The highest BCUT2D eigenvalue weighted by Crippen LogP contribution is 2.28. The highest BCUT2D eigenvalue weighted by atomic mass is 32.2. The van der Waals surface area contributed by atoms with Crippen LogP contribution in [0, 0.1) is 0 Å². The number of hydrogen-bond acceptors (Lipinski definition) is 5. The summed E-state index contributed by atoms with van der Waals surface area (Å²) in [5.74, 6) is 0.442. The second-order valence-electron chi connectivity index (χ2n) is 6.50. The number of aromatic nitrogens is 2. The molecule has 0 aliphatic carbocycles. The quantitative estimate of drug-likeness (QED) is 0.505. The standard InChI is InChI=1S/C19H22F3N3O3S/c20-19(21,22)13-28-18(26)23-8-10-29-17-24-11-16(14-5-2-1-3-6-14)25(17)12-15-7-4-9-27-15/h1-3,5-6,11,15H,4,7-10,12-13H2,(H,23,26). The summed E-state index contributed by atoms with van der Waals surface area (Å²) in [6.45, 7) is -0.00684. The molecular weight excluding hydrogens is 407 g/mol. The van der Waals surface area contributed by atoms with Crippen LogP contribution < -0.4 is 5.32 Å². The number of thioether (sulfide) groups is 1. The molecule has 0 radical (unpaired) electrons. The van der Waals surface area contributed by atoms with Gasteiger partial charge in [-0.15, -0.1) is 0 Å². The predicted octanol–water partition coefficient (Wildman–Crippen LogP) is 4.11. The van der Waals surface area contributed by atoms with Gasteiger partial charge in [-0.2, -0.15) is 13.2 Å². The highest BCUT2D eigenvalue weighted by molar-refractivity contribution is 7.99. The number of benzene rings is 1. The summed E-state index contributed by atoms with van der Waals surface area (Å²) in [5, 5.41) is 3.08. The first kappa shape index (κ1) is 21.5. The maximum absolute atomic E-state index is 12.0. The molecular formula is C19H22F3N3O3S. The van der Waals surface area contributed by atoms with Crippen molar-refractivity contribution in [2.24, 2.45) is 0 Å². The first-order valence-corrected chi connectivity index (χ1v) is 10.2. The van der Waals surface area contributed by atoms with Crippen LogP contribution in [0.25, 0.3) is 11.3 Å². The second-order valence-corrected chi connectivity index (χ2v) is 7.57. The Morgan fingerprint density at radius 3 is 2.83 bits per heavy atom. The minimum absolute atomic E-state index is 0.126. The maximum atomic E-state index is 12.0. The largest absolute Gasteiger partial charge is 0.440 e. The molecule has 1 saturated heterocycles. The fourth-order valence-corrected chi connectivity index (χ4v) is 3.82. The number of hydrogen-bond donors (Lipinski definition) is 1. The molecule has 158 valence electrons. The van der Waals surface area contributed by atoms with E-state index in [1.807, 2.05) is 30.3 Å². The van der Waals surface area contributed by atoms with E-state index in [0.29, 0.717) is 12.3 Å². The molecule has 10 heteroatoms. The molecule has 1 N–H and O–H groups in total. The van der Waals surface area contributed by atoms with Gasteiger partial charge in [-0.1, -0.05) is 42.1 Å². The van der Waals surface area contributed by atoms with Crippen molar-refractivity contribution in [2.75, 3.05) is 25.5 Å². The Morgan fingerprint density at radius 1 is 1.34 bits per heavy atom. The van der Waals surface area contributed by atoms with Crippen molar-refractivity contribution >= 4 is 17.9 Å². The van der Waals surface area contributed by atoms with Crippen molar-refractivity contribution in [3.63, 3.8) is 0 Å². The lowest BCUT2D eigenvalue weighted by Crippen LogP contribution is -2.30. The number of rotatable bonds is 8. The van der Waals surface area contributed by atoms with E-state index in [9.17, 15) is 18.0 Å². The van der Waals surface area contributed by atoms with Crippen molar-refractivity contribution in [3.8, 4) is 11.3 Å². The zero-order valence-corrected chi connectivity index (χ0v) is 16.5. The Bertz CT molecular complexity index is 793. The monoisotopic (exact) mass is 429 g/mol. The number of amides is 1. The first-order valence-electron chi connectivity index (χ1n) is 9.25. The molecule has 1 unspecified atom stereocenters. The van der Waals surface area contributed by atoms with Crippen LogP contribution in [0.5, 0.6) is 0 Å². The predicted molar refractivity (Wildman–Crippen MR) is 103 cm³/mol. The van der Waals surface area contributed by atoms with Crippen LogP contribution >= 0.6 is 11.8 Å². The van der Waals surface area contributed by atoms with Crippen LogP contribution in [-0.4, -0.2) is 53.4 Å². The third-order valence-electron chi connectivity index (χ3n) is 4.27. The van der Waals surface area contributed by atoms with Crippen LogP contribution in [0.1, 0.15) is 12.8 Å². The summed E-state index contributed by atoms with van der Waals surface area (Å²) in [7, 11) is 0. The van der Waals surface area contributed by atoms with Gasteiger partial charge in [0.1, 0.15) is 0 Å². The SMILES string of the molecule is O=C(NCCSc1ncc(-c2ccccc2)n1CC1CCCO1)OCC(F)(F)F. The van der Waals surface area contributed by atoms with Crippen LogP contribution in [0.3, 0.4) is 0 Å². The van der Waals surface area contributed by atoms with Crippen molar-refractivity contribution in [1.82, 2.24) is 14.9 Å². The summed E-state index contributed by atoms with van der Waals surface area (Å²) >= 11 is 1.42. The van der Waals surface area contributed by atoms with Crippen LogP contribution in [0.4, 0.5) is 18.0 Å². The Hall–Kier alpha value is -2.20. The molecule has 0 spiro atoms. The number of carbonyl (C=O) groups excluding carboxylic acids is 1. The third-order valence-corrected chi connectivity index (χ3v) is 5.26. The lowest BCUT2D eigenvalue weighted by molar-refractivity contribution is -0.160. The molecule has 2 heterocycles. The molecule has 1 atom stereocenters. The van der Waals surface area contributed by atoms with Gasteiger partial charge >= 0.3 is 12.3 Å². The van der Waals surface area contributed by atoms with E-state index in [4.69, 9.17) is 4.74 Å². The van der Waals surface area contributed by atoms with E-state index < -0.39 is 18.9 Å². The Labute approximate surface area is 170 Å². The fraction of sp³-hybridized carbons (Fsp3) is 0.474. The topological polar surface area (TPSA) is 65.4 Å². The van der Waals surface area contributed by atoms with Crippen molar-refractivity contribution in [3.05, 3.63) is 36.5 Å². The smallest absolute Gasteiger partial charge is 0.422 e. The second kappa shape index (κ2) is 10.0. The average Bonchev–Trinajstić information content (AvgIpc) is 3.34. The molecule has 3 rings (SSSR count). The Morgan fingerprint density at radius 2 is 2.14 bits per heavy atom. The molecule has 29 heavy (non-hydrogen) atoms. The highest BCUT2D eigenvalue weighted by Gasteiger charge is 2.29. The van der Waals surface area contributed by atoms with Crippen molar-refractivity contribution in [1.29, 1.82) is 0 Å². The Balaban J connectivity index is 1.58. The minimum atomic E-state index is -4.53. The lowest BCUT2D eigenvalue weighted by Gasteiger charge is -2.16. The summed E-state index contributed by atoms with van der Waals surface area (Å²) in [4.78, 5) is 15.8. The molecule has 2 aromatic rings. The van der Waals surface area contributed by atoms with Gasteiger partial charge < -0.3 is 19.4 Å². The number of nitrogens with one attached hydrogen (secondary N) is 1. The van der Waals surface area contributed by atoms with Crippen molar-refractivity contribution < 1.29 is 27.4 Å². The fourth-order valence-electron chi connectivity index (χ4n) is 2.98. The molecule has 1 amide bonds. The summed E-state index contributed by atoms with van der Waals surface area (Å²) in [6, 6.07) is 9.89. The van der Waals surface area contributed by atoms with E-state index in [1.54, 1.807) is 6.20 Å². The molecule has 0 saturated carbocycles. The van der Waals surface area contributed by atoms with Crippen LogP contribution in [0.15, 0.2) is 41.7 Å². The van der Waals surface area contributed by atoms with Gasteiger partial charge in [-0.25, -0.2) is 9.78 Å². The maximum Gasteiger partial charge on any atom is 0.422 e. The number of nitrogens with zero attached hydrogens (tertiary/aromatic N) is 2. The van der Waals surface area contributed by atoms with Crippen LogP contribution in [0.2, 0.25) is 0 Å². The Kier molecular flexibility index (Phi) is 7.43. The van der Waals surface area contributed by atoms with Crippen molar-refractivity contribution in [2.45, 2.75) is 36.8 Å². The van der Waals surface area contributed by atoms with Gasteiger partial charge in [0.05, 0.1) is 24.5 Å². The van der Waals surface area contributed by atoms with E-state index in [1.165, 1.54) is 11.8 Å². The third kappa shape index (κ3) is 6.67. The number of alkyl carbamates (subject to hydrolysis) is 1. The molecule has 0 bridgehead atoms. The minimum Gasteiger partial charge on any atom is -0.440 e. The number of halogens is 3. The lowest BCUT2D eigenvalue weighted by atomic mass is 10.1. The van der Waals surface area contributed by atoms with E-state index in [2.05, 4.69) is 19.6 Å². The zero-order chi connectivity index (χ0) is 20.7. The van der Waals surface area contributed by atoms with Gasteiger partial charge in [-0.3, -0.25) is 0 Å². The zero-order valence-electron chi connectivity index (χ0n) is 15.7. The van der Waals surface area contributed by atoms with Gasteiger partial charge in [0.25, 0.3) is 0 Å². The van der Waals surface area contributed by atoms with Gasteiger partial charge in [0.2, 0.25) is 0 Å². The van der Waals surface area contributed by atoms with Crippen LogP contribution in [-0.2, 0) is 16.0 Å². The van der Waals surface area contributed by atoms with Gasteiger partial charge in [-0.05, 0) is 18.4 Å². The van der Waals surface area contributed by atoms with Gasteiger partial charge in [0.15, 0.2) is 11.8 Å². The molecule has 1 aliphatic rings. The molecule has 6 nitrogen and oxygen atoms in total. The summed E-state index contributed by atoms with van der Waals surface area (Å²) in [5.41, 5.74) is 2.01. The first-order chi connectivity index (χ1) is 13.9. The molecule has 1 aromatic heterocycles. The molecule has 1 aliphatic heterocycles. The van der Waals surface area contributed by atoms with E-state index in [-0.39, 0.29) is 12.6 Å². The average molecular weight is 429 g/mol.